The number of amides is 1. The minimum atomic E-state index is 0.303. The average Bonchev–Trinajstić information content (AvgIpc) is 3.19. The fraction of sp³-hybridized carbons (Fsp3) is 0.632. The van der Waals surface area contributed by atoms with Gasteiger partial charge in [-0.3, -0.25) is 9.69 Å². The molecule has 0 aliphatic heterocycles. The van der Waals surface area contributed by atoms with Crippen LogP contribution in [0.15, 0.2) is 24.3 Å². The van der Waals surface area contributed by atoms with E-state index in [1.54, 1.807) is 0 Å². The van der Waals surface area contributed by atoms with Crippen molar-refractivity contribution in [3.63, 3.8) is 0 Å². The van der Waals surface area contributed by atoms with Gasteiger partial charge >= 0.3 is 0 Å². The van der Waals surface area contributed by atoms with E-state index in [0.29, 0.717) is 24.5 Å². The maximum atomic E-state index is 12.7. The van der Waals surface area contributed by atoms with E-state index in [1.807, 2.05) is 0 Å². The molecule has 2 fully saturated rings. The fourth-order valence-electron chi connectivity index (χ4n) is 3.48. The Labute approximate surface area is 134 Å². The lowest BCUT2D eigenvalue weighted by atomic mass is 10.1. The Hall–Kier alpha value is -1.35. The second kappa shape index (κ2) is 6.82. The van der Waals surface area contributed by atoms with Gasteiger partial charge in [0, 0.05) is 18.6 Å². The van der Waals surface area contributed by atoms with Gasteiger partial charge in [-0.25, -0.2) is 0 Å². The molecule has 1 amide bonds. The first-order valence-corrected chi connectivity index (χ1v) is 8.69. The Morgan fingerprint density at radius 3 is 2.27 bits per heavy atom. The molecule has 3 rings (SSSR count). The van der Waals surface area contributed by atoms with Crippen molar-refractivity contribution in [3.8, 4) is 0 Å². The number of carbonyl (C=O) groups is 1. The number of rotatable bonds is 6. The number of hydrogen-bond acceptors (Lipinski definition) is 2. The lowest BCUT2D eigenvalue weighted by molar-refractivity contribution is -0.133. The monoisotopic (exact) mass is 300 g/mol. The van der Waals surface area contributed by atoms with Crippen LogP contribution in [0.25, 0.3) is 0 Å². The van der Waals surface area contributed by atoms with E-state index < -0.39 is 0 Å². The van der Waals surface area contributed by atoms with E-state index >= 15 is 0 Å². The molecule has 3 nitrogen and oxygen atoms in total. The molecule has 2 saturated carbocycles. The molecule has 0 spiro atoms. The van der Waals surface area contributed by atoms with E-state index in [-0.39, 0.29) is 0 Å². The summed E-state index contributed by atoms with van der Waals surface area (Å²) in [5.74, 6) is 0.303. The van der Waals surface area contributed by atoms with Crippen LogP contribution in [-0.2, 0) is 11.3 Å². The maximum absolute atomic E-state index is 12.7. The topological polar surface area (TPSA) is 23.6 Å². The van der Waals surface area contributed by atoms with Crippen molar-refractivity contribution in [1.29, 1.82) is 0 Å². The molecule has 2 aliphatic rings. The zero-order valence-electron chi connectivity index (χ0n) is 13.9. The molecule has 22 heavy (non-hydrogen) atoms. The molecule has 2 aliphatic carbocycles. The Bertz CT molecular complexity index is 501. The number of likely N-dealkylation sites (N-methyl/N-ethyl adjacent to an activating group) is 1. The van der Waals surface area contributed by atoms with E-state index in [1.165, 1.54) is 49.7 Å². The molecule has 0 radical (unpaired) electrons. The summed E-state index contributed by atoms with van der Waals surface area (Å²) in [4.78, 5) is 17.1. The second-order valence-corrected chi connectivity index (χ2v) is 7.09. The first-order chi connectivity index (χ1) is 10.6. The smallest absolute Gasteiger partial charge is 0.237 e. The maximum Gasteiger partial charge on any atom is 0.237 e. The van der Waals surface area contributed by atoms with Gasteiger partial charge in [-0.05, 0) is 45.2 Å². The number of aryl methyl sites for hydroxylation is 1. The van der Waals surface area contributed by atoms with Crippen molar-refractivity contribution in [2.24, 2.45) is 0 Å². The van der Waals surface area contributed by atoms with Crippen LogP contribution in [0.1, 0.15) is 49.7 Å². The molecular weight excluding hydrogens is 272 g/mol. The minimum Gasteiger partial charge on any atom is -0.334 e. The van der Waals surface area contributed by atoms with Gasteiger partial charge in [0.1, 0.15) is 0 Å². The van der Waals surface area contributed by atoms with Crippen molar-refractivity contribution in [1.82, 2.24) is 9.80 Å². The molecular formula is C19H28N2O. The molecule has 0 atom stereocenters. The third-order valence-electron chi connectivity index (χ3n) is 5.11. The van der Waals surface area contributed by atoms with Crippen LogP contribution in [0.4, 0.5) is 0 Å². The highest BCUT2D eigenvalue weighted by Crippen LogP contribution is 2.29. The Balaban J connectivity index is 1.60. The van der Waals surface area contributed by atoms with Crippen LogP contribution < -0.4 is 0 Å². The van der Waals surface area contributed by atoms with E-state index in [9.17, 15) is 4.79 Å². The molecule has 0 bridgehead atoms. The van der Waals surface area contributed by atoms with Gasteiger partial charge in [0.15, 0.2) is 0 Å². The van der Waals surface area contributed by atoms with Gasteiger partial charge in [0.2, 0.25) is 5.91 Å². The second-order valence-electron chi connectivity index (χ2n) is 7.09. The highest BCUT2D eigenvalue weighted by Gasteiger charge is 2.33. The Morgan fingerprint density at radius 1 is 1.05 bits per heavy atom. The zero-order chi connectivity index (χ0) is 15.5. The van der Waals surface area contributed by atoms with Crippen LogP contribution >= 0.6 is 0 Å². The number of benzene rings is 1. The predicted octanol–water partition coefficient (Wildman–Crippen LogP) is 3.36. The molecule has 0 saturated heterocycles. The first-order valence-electron chi connectivity index (χ1n) is 8.69. The SMILES string of the molecule is Cc1ccc(CN(C(=O)CN(C)C2CCCC2)C2CC2)cc1. The van der Waals surface area contributed by atoms with Crippen LogP contribution in [0, 0.1) is 6.92 Å². The summed E-state index contributed by atoms with van der Waals surface area (Å²) in [7, 11) is 2.12. The summed E-state index contributed by atoms with van der Waals surface area (Å²) in [6, 6.07) is 9.66. The summed E-state index contributed by atoms with van der Waals surface area (Å²) >= 11 is 0. The molecule has 120 valence electrons. The zero-order valence-corrected chi connectivity index (χ0v) is 13.9. The van der Waals surface area contributed by atoms with Crippen LogP contribution in [0.2, 0.25) is 0 Å². The van der Waals surface area contributed by atoms with Crippen LogP contribution in [0.5, 0.6) is 0 Å². The summed E-state index contributed by atoms with van der Waals surface area (Å²) in [6.45, 7) is 3.44. The highest BCUT2D eigenvalue weighted by molar-refractivity contribution is 5.79. The van der Waals surface area contributed by atoms with Crippen LogP contribution in [0.3, 0.4) is 0 Å². The summed E-state index contributed by atoms with van der Waals surface area (Å²) < 4.78 is 0. The Kier molecular flexibility index (Phi) is 4.82. The molecule has 1 aromatic carbocycles. The van der Waals surface area contributed by atoms with E-state index in [4.69, 9.17) is 0 Å². The summed E-state index contributed by atoms with van der Waals surface area (Å²) in [5, 5.41) is 0. The van der Waals surface area contributed by atoms with Crippen molar-refractivity contribution in [2.75, 3.05) is 13.6 Å². The van der Waals surface area contributed by atoms with Crippen molar-refractivity contribution in [3.05, 3.63) is 35.4 Å². The quantitative estimate of drug-likeness (QED) is 0.804. The van der Waals surface area contributed by atoms with Crippen molar-refractivity contribution >= 4 is 5.91 Å². The van der Waals surface area contributed by atoms with E-state index in [2.05, 4.69) is 48.0 Å². The molecule has 0 heterocycles. The lowest BCUT2D eigenvalue weighted by Gasteiger charge is -2.28. The van der Waals surface area contributed by atoms with E-state index in [0.717, 1.165) is 6.54 Å². The largest absolute Gasteiger partial charge is 0.334 e. The first kappa shape index (κ1) is 15.5. The lowest BCUT2D eigenvalue weighted by Crippen LogP contribution is -2.42. The van der Waals surface area contributed by atoms with Gasteiger partial charge < -0.3 is 4.90 Å². The normalized spacial score (nSPS) is 18.9. The predicted molar refractivity (Wildman–Crippen MR) is 89.6 cm³/mol. The summed E-state index contributed by atoms with van der Waals surface area (Å²) in [6.07, 6.45) is 7.49. The van der Waals surface area contributed by atoms with Gasteiger partial charge in [0.05, 0.1) is 6.54 Å². The Morgan fingerprint density at radius 2 is 1.68 bits per heavy atom. The van der Waals surface area contributed by atoms with Gasteiger partial charge in [-0.15, -0.1) is 0 Å². The number of nitrogens with zero attached hydrogens (tertiary/aromatic N) is 2. The van der Waals surface area contributed by atoms with Gasteiger partial charge in [0.25, 0.3) is 0 Å². The minimum absolute atomic E-state index is 0.303. The van der Waals surface area contributed by atoms with Crippen molar-refractivity contribution in [2.45, 2.75) is 64.1 Å². The van der Waals surface area contributed by atoms with Crippen molar-refractivity contribution < 1.29 is 4.79 Å². The highest BCUT2D eigenvalue weighted by atomic mass is 16.2. The standard InChI is InChI=1S/C19H28N2O/c1-15-7-9-16(10-8-15)13-21(18-11-12-18)19(22)14-20(2)17-5-3-4-6-17/h7-10,17-18H,3-6,11-14H2,1-2H3. The van der Waals surface area contributed by atoms with Crippen LogP contribution in [-0.4, -0.2) is 41.4 Å². The summed E-state index contributed by atoms with van der Waals surface area (Å²) in [5.41, 5.74) is 2.52. The molecule has 0 N–H and O–H groups in total. The number of carbonyl (C=O) groups excluding carboxylic acids is 1. The third kappa shape index (κ3) is 3.89. The van der Waals surface area contributed by atoms with Gasteiger partial charge in [-0.1, -0.05) is 42.7 Å². The molecule has 3 heteroatoms. The third-order valence-corrected chi connectivity index (χ3v) is 5.11. The molecule has 0 aromatic heterocycles. The van der Waals surface area contributed by atoms with Gasteiger partial charge in [-0.2, -0.15) is 0 Å². The average molecular weight is 300 g/mol. The fourth-order valence-corrected chi connectivity index (χ4v) is 3.48. The molecule has 0 unspecified atom stereocenters. The number of hydrogen-bond donors (Lipinski definition) is 0. The molecule has 1 aromatic rings.